The second kappa shape index (κ2) is 5.82. The lowest BCUT2D eigenvalue weighted by molar-refractivity contribution is 0.679. The Hall–Kier alpha value is -1.32. The van der Waals surface area contributed by atoms with E-state index in [0.29, 0.717) is 6.04 Å². The van der Waals surface area contributed by atoms with Crippen LogP contribution in [0.5, 0.6) is 0 Å². The molecule has 1 aliphatic carbocycles. The standard InChI is InChI=1S/C17H22ClN3/c1-4-16-11(2)20-21(12(16)3)17-8-5-14(18)9-13(17)10-19-15-6-7-15/h5,8-9,15,19H,4,6-7,10H2,1-3H3. The average molecular weight is 304 g/mol. The minimum atomic E-state index is 0.684. The van der Waals surface area contributed by atoms with Gasteiger partial charge < -0.3 is 5.32 Å². The van der Waals surface area contributed by atoms with E-state index in [4.69, 9.17) is 16.7 Å². The molecular weight excluding hydrogens is 282 g/mol. The number of halogens is 1. The molecule has 1 fully saturated rings. The molecule has 1 heterocycles. The zero-order chi connectivity index (χ0) is 15.0. The summed E-state index contributed by atoms with van der Waals surface area (Å²) in [5, 5.41) is 9.08. The predicted octanol–water partition coefficient (Wildman–Crippen LogP) is 3.96. The van der Waals surface area contributed by atoms with Crippen molar-refractivity contribution in [2.45, 2.75) is 52.6 Å². The van der Waals surface area contributed by atoms with E-state index in [0.717, 1.165) is 29.4 Å². The lowest BCUT2D eigenvalue weighted by Crippen LogP contribution is -2.17. The molecule has 4 heteroatoms. The summed E-state index contributed by atoms with van der Waals surface area (Å²) in [5.74, 6) is 0. The van der Waals surface area contributed by atoms with Gasteiger partial charge in [0.15, 0.2) is 0 Å². The van der Waals surface area contributed by atoms with Crippen molar-refractivity contribution in [3.63, 3.8) is 0 Å². The third-order valence-electron chi connectivity index (χ3n) is 4.22. The zero-order valence-corrected chi connectivity index (χ0v) is 13.7. The summed E-state index contributed by atoms with van der Waals surface area (Å²) in [6.07, 6.45) is 3.59. The second-order valence-electron chi connectivity index (χ2n) is 5.84. The zero-order valence-electron chi connectivity index (χ0n) is 12.9. The average Bonchev–Trinajstić information content (AvgIpc) is 3.23. The Labute approximate surface area is 131 Å². The molecule has 1 aromatic heterocycles. The van der Waals surface area contributed by atoms with Crippen molar-refractivity contribution in [3.05, 3.63) is 45.7 Å². The molecule has 0 bridgehead atoms. The smallest absolute Gasteiger partial charge is 0.0694 e. The lowest BCUT2D eigenvalue weighted by atomic mass is 10.1. The Morgan fingerprint density at radius 1 is 1.33 bits per heavy atom. The Bertz CT molecular complexity index is 656. The Kier molecular flexibility index (Phi) is 4.05. The number of aryl methyl sites for hydroxylation is 1. The van der Waals surface area contributed by atoms with Crippen LogP contribution in [-0.2, 0) is 13.0 Å². The van der Waals surface area contributed by atoms with Crippen molar-refractivity contribution in [1.82, 2.24) is 15.1 Å². The van der Waals surface area contributed by atoms with Crippen molar-refractivity contribution in [2.24, 2.45) is 0 Å². The highest BCUT2D eigenvalue weighted by Gasteiger charge is 2.21. The van der Waals surface area contributed by atoms with Gasteiger partial charge in [-0.05, 0) is 62.4 Å². The highest BCUT2D eigenvalue weighted by atomic mass is 35.5. The number of nitrogens with zero attached hydrogens (tertiary/aromatic N) is 2. The van der Waals surface area contributed by atoms with Crippen LogP contribution in [0.2, 0.25) is 5.02 Å². The largest absolute Gasteiger partial charge is 0.310 e. The van der Waals surface area contributed by atoms with Crippen LogP contribution in [0.1, 0.15) is 42.3 Å². The van der Waals surface area contributed by atoms with Crippen LogP contribution in [0.4, 0.5) is 0 Å². The van der Waals surface area contributed by atoms with Gasteiger partial charge in [-0.25, -0.2) is 4.68 Å². The van der Waals surface area contributed by atoms with Gasteiger partial charge in [-0.1, -0.05) is 18.5 Å². The molecule has 1 aliphatic rings. The number of nitrogens with one attached hydrogen (secondary N) is 1. The molecule has 0 unspecified atom stereocenters. The third-order valence-corrected chi connectivity index (χ3v) is 4.46. The number of aromatic nitrogens is 2. The molecule has 0 amide bonds. The molecule has 1 N–H and O–H groups in total. The predicted molar refractivity (Wildman–Crippen MR) is 87.3 cm³/mol. The minimum Gasteiger partial charge on any atom is -0.310 e. The van der Waals surface area contributed by atoms with E-state index in [2.05, 4.69) is 36.8 Å². The summed E-state index contributed by atoms with van der Waals surface area (Å²) in [6, 6.07) is 6.75. The maximum absolute atomic E-state index is 6.18. The van der Waals surface area contributed by atoms with E-state index in [-0.39, 0.29) is 0 Å². The van der Waals surface area contributed by atoms with Gasteiger partial charge in [0.25, 0.3) is 0 Å². The molecule has 0 saturated heterocycles. The van der Waals surface area contributed by atoms with E-state index < -0.39 is 0 Å². The third kappa shape index (κ3) is 2.99. The molecule has 21 heavy (non-hydrogen) atoms. The SMILES string of the molecule is CCc1c(C)nn(-c2ccc(Cl)cc2CNC2CC2)c1C. The van der Waals surface area contributed by atoms with Crippen LogP contribution < -0.4 is 5.32 Å². The summed E-state index contributed by atoms with van der Waals surface area (Å²) in [6.45, 7) is 7.26. The van der Waals surface area contributed by atoms with E-state index in [1.807, 2.05) is 12.1 Å². The van der Waals surface area contributed by atoms with Gasteiger partial charge in [-0.15, -0.1) is 0 Å². The molecule has 0 radical (unpaired) electrons. The minimum absolute atomic E-state index is 0.684. The first-order chi connectivity index (χ1) is 10.1. The van der Waals surface area contributed by atoms with Crippen LogP contribution in [0.15, 0.2) is 18.2 Å². The first-order valence-corrected chi connectivity index (χ1v) is 8.05. The number of hydrogen-bond donors (Lipinski definition) is 1. The molecule has 0 aliphatic heterocycles. The van der Waals surface area contributed by atoms with Gasteiger partial charge >= 0.3 is 0 Å². The lowest BCUT2D eigenvalue weighted by Gasteiger charge is -2.13. The highest BCUT2D eigenvalue weighted by Crippen LogP contribution is 2.25. The number of benzene rings is 1. The summed E-state index contributed by atoms with van der Waals surface area (Å²) in [5.41, 5.74) is 6.03. The number of hydrogen-bond acceptors (Lipinski definition) is 2. The summed E-state index contributed by atoms with van der Waals surface area (Å²) >= 11 is 6.18. The van der Waals surface area contributed by atoms with Gasteiger partial charge in [0.2, 0.25) is 0 Å². The second-order valence-corrected chi connectivity index (χ2v) is 6.28. The van der Waals surface area contributed by atoms with Gasteiger partial charge in [0, 0.05) is 23.3 Å². The van der Waals surface area contributed by atoms with Crippen molar-refractivity contribution < 1.29 is 0 Å². The summed E-state index contributed by atoms with van der Waals surface area (Å²) in [7, 11) is 0. The van der Waals surface area contributed by atoms with Gasteiger partial charge in [0.05, 0.1) is 11.4 Å². The van der Waals surface area contributed by atoms with Gasteiger partial charge in [-0.2, -0.15) is 5.10 Å². The summed E-state index contributed by atoms with van der Waals surface area (Å²) < 4.78 is 2.06. The monoisotopic (exact) mass is 303 g/mol. The fourth-order valence-electron chi connectivity index (χ4n) is 2.87. The fourth-order valence-corrected chi connectivity index (χ4v) is 3.06. The molecule has 3 rings (SSSR count). The molecular formula is C17H22ClN3. The Morgan fingerprint density at radius 2 is 2.10 bits per heavy atom. The Balaban J connectivity index is 2.00. The van der Waals surface area contributed by atoms with Crippen LogP contribution in [0.25, 0.3) is 5.69 Å². The molecule has 1 saturated carbocycles. The van der Waals surface area contributed by atoms with Crippen molar-refractivity contribution in [1.29, 1.82) is 0 Å². The van der Waals surface area contributed by atoms with E-state index in [9.17, 15) is 0 Å². The fraction of sp³-hybridized carbons (Fsp3) is 0.471. The molecule has 3 nitrogen and oxygen atoms in total. The first kappa shape index (κ1) is 14.6. The summed E-state index contributed by atoms with van der Waals surface area (Å²) in [4.78, 5) is 0. The number of rotatable bonds is 5. The Morgan fingerprint density at radius 3 is 2.71 bits per heavy atom. The van der Waals surface area contributed by atoms with Crippen molar-refractivity contribution in [2.75, 3.05) is 0 Å². The highest BCUT2D eigenvalue weighted by molar-refractivity contribution is 6.30. The topological polar surface area (TPSA) is 29.9 Å². The van der Waals surface area contributed by atoms with Crippen molar-refractivity contribution >= 4 is 11.6 Å². The molecule has 1 aromatic carbocycles. The molecule has 0 atom stereocenters. The van der Waals surface area contributed by atoms with Crippen LogP contribution in [-0.4, -0.2) is 15.8 Å². The molecule has 0 spiro atoms. The first-order valence-electron chi connectivity index (χ1n) is 7.67. The van der Waals surface area contributed by atoms with E-state index >= 15 is 0 Å². The molecule has 2 aromatic rings. The van der Waals surface area contributed by atoms with Crippen LogP contribution in [0.3, 0.4) is 0 Å². The van der Waals surface area contributed by atoms with Gasteiger partial charge in [-0.3, -0.25) is 0 Å². The molecule has 112 valence electrons. The van der Waals surface area contributed by atoms with Crippen molar-refractivity contribution in [3.8, 4) is 5.69 Å². The van der Waals surface area contributed by atoms with E-state index in [1.54, 1.807) is 0 Å². The maximum atomic E-state index is 6.18. The maximum Gasteiger partial charge on any atom is 0.0694 e. The quantitative estimate of drug-likeness (QED) is 0.906. The van der Waals surface area contributed by atoms with Gasteiger partial charge in [0.1, 0.15) is 0 Å². The van der Waals surface area contributed by atoms with E-state index in [1.165, 1.54) is 29.7 Å². The van der Waals surface area contributed by atoms with Crippen LogP contribution >= 0.6 is 11.6 Å². The van der Waals surface area contributed by atoms with Crippen LogP contribution in [0, 0.1) is 13.8 Å². The normalized spacial score (nSPS) is 14.7.